The zero-order chi connectivity index (χ0) is 9.30. The lowest BCUT2D eigenvalue weighted by Crippen LogP contribution is -2.14. The van der Waals surface area contributed by atoms with E-state index in [2.05, 4.69) is 0 Å². The lowest BCUT2D eigenvalue weighted by Gasteiger charge is -2.02. The van der Waals surface area contributed by atoms with Crippen molar-refractivity contribution < 1.29 is 9.18 Å². The Kier molecular flexibility index (Phi) is 2.33. The van der Waals surface area contributed by atoms with Gasteiger partial charge >= 0.3 is 0 Å². The Hall–Kier alpha value is -1.09. The summed E-state index contributed by atoms with van der Waals surface area (Å²) in [7, 11) is 0. The first kappa shape index (κ1) is 9.00. The van der Waals surface area contributed by atoms with E-state index in [1.54, 1.807) is 6.92 Å². The van der Waals surface area contributed by atoms with Crippen molar-refractivity contribution in [2.75, 3.05) is 0 Å². The van der Waals surface area contributed by atoms with E-state index in [1.165, 1.54) is 6.07 Å². The number of benzene rings is 1. The molecule has 0 spiro atoms. The summed E-state index contributed by atoms with van der Waals surface area (Å²) in [6.45, 7) is 1.58. The Morgan fingerprint density at radius 1 is 1.58 bits per heavy atom. The van der Waals surface area contributed by atoms with E-state index in [1.807, 2.05) is 0 Å². The third-order valence-corrected chi connectivity index (χ3v) is 1.72. The minimum atomic E-state index is -0.776. The Bertz CT molecular complexity index is 315. The average molecular weight is 188 g/mol. The summed E-state index contributed by atoms with van der Waals surface area (Å²) < 4.78 is 13.0. The number of carbonyl (C=O) groups is 1. The van der Waals surface area contributed by atoms with Crippen LogP contribution in [0.1, 0.15) is 15.9 Å². The highest BCUT2D eigenvalue weighted by Crippen LogP contribution is 2.18. The molecule has 2 N–H and O–H groups in total. The summed E-state index contributed by atoms with van der Waals surface area (Å²) in [5.74, 6) is -1.45. The largest absolute Gasteiger partial charge is 0.365 e. The minimum absolute atomic E-state index is 0.0978. The SMILES string of the molecule is Cc1cc(Cl)cc(F)c1C(N)=O. The molecule has 0 aliphatic rings. The van der Waals surface area contributed by atoms with Gasteiger partial charge in [0.15, 0.2) is 0 Å². The number of amides is 1. The fourth-order valence-corrected chi connectivity index (χ4v) is 1.27. The maximum atomic E-state index is 13.0. The van der Waals surface area contributed by atoms with Crippen molar-refractivity contribution >= 4 is 17.5 Å². The second-order valence-corrected chi connectivity index (χ2v) is 2.88. The predicted molar refractivity (Wildman–Crippen MR) is 44.7 cm³/mol. The Labute approximate surface area is 74.1 Å². The second-order valence-electron chi connectivity index (χ2n) is 2.44. The molecular weight excluding hydrogens is 181 g/mol. The average Bonchev–Trinajstić information content (AvgIpc) is 1.82. The molecule has 0 saturated carbocycles. The lowest BCUT2D eigenvalue weighted by atomic mass is 10.1. The molecule has 12 heavy (non-hydrogen) atoms. The van der Waals surface area contributed by atoms with Crippen LogP contribution in [-0.2, 0) is 0 Å². The van der Waals surface area contributed by atoms with Crippen LogP contribution in [0.2, 0.25) is 5.02 Å². The molecule has 0 bridgehead atoms. The summed E-state index contributed by atoms with van der Waals surface area (Å²) in [6, 6.07) is 2.55. The van der Waals surface area contributed by atoms with Crippen LogP contribution >= 0.6 is 11.6 Å². The van der Waals surface area contributed by atoms with E-state index in [4.69, 9.17) is 17.3 Å². The first-order valence-electron chi connectivity index (χ1n) is 3.28. The molecule has 0 aliphatic carbocycles. The van der Waals surface area contributed by atoms with E-state index in [0.29, 0.717) is 5.56 Å². The molecule has 0 aromatic heterocycles. The zero-order valence-electron chi connectivity index (χ0n) is 6.40. The Balaban J connectivity index is 3.38. The van der Waals surface area contributed by atoms with Gasteiger partial charge < -0.3 is 5.73 Å². The number of hydrogen-bond acceptors (Lipinski definition) is 1. The van der Waals surface area contributed by atoms with Gasteiger partial charge in [0.05, 0.1) is 5.56 Å². The molecule has 1 aromatic carbocycles. The summed E-state index contributed by atoms with van der Waals surface area (Å²) in [5, 5.41) is 0.259. The fraction of sp³-hybridized carbons (Fsp3) is 0.125. The zero-order valence-corrected chi connectivity index (χ0v) is 7.15. The molecule has 0 fully saturated rings. The number of rotatable bonds is 1. The van der Waals surface area contributed by atoms with Crippen molar-refractivity contribution in [3.05, 3.63) is 34.1 Å². The third kappa shape index (κ3) is 1.56. The lowest BCUT2D eigenvalue weighted by molar-refractivity contribution is 0.0996. The molecule has 0 heterocycles. The van der Waals surface area contributed by atoms with Crippen molar-refractivity contribution in [3.63, 3.8) is 0 Å². The van der Waals surface area contributed by atoms with E-state index in [0.717, 1.165) is 6.07 Å². The number of halogens is 2. The van der Waals surface area contributed by atoms with Crippen molar-refractivity contribution in [1.29, 1.82) is 0 Å². The van der Waals surface area contributed by atoms with Gasteiger partial charge in [-0.05, 0) is 24.6 Å². The van der Waals surface area contributed by atoms with Gasteiger partial charge in [-0.2, -0.15) is 0 Å². The maximum Gasteiger partial charge on any atom is 0.251 e. The molecule has 1 rings (SSSR count). The molecular formula is C8H7ClFNO. The standard InChI is InChI=1S/C8H7ClFNO/c1-4-2-5(9)3-6(10)7(4)8(11)12/h2-3H,1H3,(H2,11,12). The van der Waals surface area contributed by atoms with Gasteiger partial charge in [0.2, 0.25) is 0 Å². The van der Waals surface area contributed by atoms with Crippen LogP contribution in [0.3, 0.4) is 0 Å². The summed E-state index contributed by atoms with van der Waals surface area (Å²) in [4.78, 5) is 10.7. The van der Waals surface area contributed by atoms with Crippen LogP contribution in [0.25, 0.3) is 0 Å². The van der Waals surface area contributed by atoms with Gasteiger partial charge in [0, 0.05) is 5.02 Å². The number of aryl methyl sites for hydroxylation is 1. The highest BCUT2D eigenvalue weighted by atomic mass is 35.5. The topological polar surface area (TPSA) is 43.1 Å². The monoisotopic (exact) mass is 187 g/mol. The Morgan fingerprint density at radius 2 is 2.17 bits per heavy atom. The van der Waals surface area contributed by atoms with Crippen LogP contribution < -0.4 is 5.73 Å². The van der Waals surface area contributed by atoms with Crippen LogP contribution in [0.15, 0.2) is 12.1 Å². The number of carbonyl (C=O) groups excluding carboxylic acids is 1. The van der Waals surface area contributed by atoms with Crippen LogP contribution in [0.4, 0.5) is 4.39 Å². The van der Waals surface area contributed by atoms with Crippen LogP contribution in [-0.4, -0.2) is 5.91 Å². The van der Waals surface area contributed by atoms with Crippen molar-refractivity contribution in [1.82, 2.24) is 0 Å². The highest BCUT2D eigenvalue weighted by Gasteiger charge is 2.11. The quantitative estimate of drug-likeness (QED) is 0.717. The summed E-state index contributed by atoms with van der Waals surface area (Å²) in [6.07, 6.45) is 0. The van der Waals surface area contributed by atoms with Gasteiger partial charge in [-0.25, -0.2) is 4.39 Å². The molecule has 4 heteroatoms. The summed E-state index contributed by atoms with van der Waals surface area (Å²) >= 11 is 5.53. The van der Waals surface area contributed by atoms with Gasteiger partial charge in [-0.15, -0.1) is 0 Å². The van der Waals surface area contributed by atoms with E-state index in [9.17, 15) is 9.18 Å². The van der Waals surface area contributed by atoms with Gasteiger partial charge in [0.25, 0.3) is 5.91 Å². The fourth-order valence-electron chi connectivity index (χ4n) is 1.01. The van der Waals surface area contributed by atoms with E-state index < -0.39 is 11.7 Å². The highest BCUT2D eigenvalue weighted by molar-refractivity contribution is 6.30. The Morgan fingerprint density at radius 3 is 2.58 bits per heavy atom. The second kappa shape index (κ2) is 3.11. The van der Waals surface area contributed by atoms with Gasteiger partial charge in [-0.3, -0.25) is 4.79 Å². The first-order chi connectivity index (χ1) is 5.52. The van der Waals surface area contributed by atoms with Crippen LogP contribution in [0, 0.1) is 12.7 Å². The molecule has 0 saturated heterocycles. The molecule has 0 atom stereocenters. The van der Waals surface area contributed by atoms with Crippen molar-refractivity contribution in [3.8, 4) is 0 Å². The van der Waals surface area contributed by atoms with Crippen LogP contribution in [0.5, 0.6) is 0 Å². The number of hydrogen-bond donors (Lipinski definition) is 1. The molecule has 2 nitrogen and oxygen atoms in total. The van der Waals surface area contributed by atoms with E-state index in [-0.39, 0.29) is 10.6 Å². The maximum absolute atomic E-state index is 13.0. The number of nitrogens with two attached hydrogens (primary N) is 1. The van der Waals surface area contributed by atoms with Gasteiger partial charge in [0.1, 0.15) is 5.82 Å². The van der Waals surface area contributed by atoms with Crippen molar-refractivity contribution in [2.24, 2.45) is 5.73 Å². The van der Waals surface area contributed by atoms with Crippen molar-refractivity contribution in [2.45, 2.75) is 6.92 Å². The van der Waals surface area contributed by atoms with E-state index >= 15 is 0 Å². The molecule has 0 radical (unpaired) electrons. The molecule has 1 aromatic rings. The van der Waals surface area contributed by atoms with Gasteiger partial charge in [-0.1, -0.05) is 11.6 Å². The minimum Gasteiger partial charge on any atom is -0.365 e. The molecule has 1 amide bonds. The molecule has 64 valence electrons. The number of primary amides is 1. The third-order valence-electron chi connectivity index (χ3n) is 1.50. The predicted octanol–water partition coefficient (Wildman–Crippen LogP) is 1.89. The molecule has 0 aliphatic heterocycles. The summed E-state index contributed by atoms with van der Waals surface area (Å²) in [5.41, 5.74) is 5.30. The smallest absolute Gasteiger partial charge is 0.251 e. The normalized spacial score (nSPS) is 9.92. The first-order valence-corrected chi connectivity index (χ1v) is 3.65. The molecule has 0 unspecified atom stereocenters.